The number of hydrogen-bond donors (Lipinski definition) is 1. The molecular weight excluding hydrogens is 341 g/mol. The first kappa shape index (κ1) is 19.3. The van der Waals surface area contributed by atoms with Crippen molar-refractivity contribution in [2.75, 3.05) is 39.3 Å². The van der Waals surface area contributed by atoms with Crippen molar-refractivity contribution in [2.24, 2.45) is 0 Å². The minimum Gasteiger partial charge on any atom is -0.339 e. The summed E-state index contributed by atoms with van der Waals surface area (Å²) in [5, 5.41) is 3.05. The smallest absolute Gasteiger partial charge is 0.236 e. The molecule has 0 atom stereocenters. The lowest BCUT2D eigenvalue weighted by molar-refractivity contribution is -0.131. The lowest BCUT2D eigenvalue weighted by Crippen LogP contribution is -2.50. The zero-order chi connectivity index (χ0) is 18.9. The van der Waals surface area contributed by atoms with Gasteiger partial charge in [0.15, 0.2) is 0 Å². The molecule has 1 fully saturated rings. The first-order chi connectivity index (χ1) is 13.2. The van der Waals surface area contributed by atoms with Crippen LogP contribution in [0.4, 0.5) is 4.39 Å². The number of piperazine rings is 1. The zero-order valence-corrected chi connectivity index (χ0v) is 15.5. The van der Waals surface area contributed by atoms with Crippen molar-refractivity contribution < 1.29 is 9.18 Å². The Morgan fingerprint density at radius 2 is 1.70 bits per heavy atom. The van der Waals surface area contributed by atoms with Gasteiger partial charge in [-0.2, -0.15) is 0 Å². The molecule has 1 aliphatic heterocycles. The number of nitrogens with one attached hydrogen (secondary N) is 1. The maximum absolute atomic E-state index is 13.6. The predicted octanol–water partition coefficient (Wildman–Crippen LogP) is 2.77. The lowest BCUT2D eigenvalue weighted by Gasteiger charge is -2.34. The molecule has 0 radical (unpaired) electrons. The van der Waals surface area contributed by atoms with Crippen LogP contribution in [0.15, 0.2) is 60.7 Å². The van der Waals surface area contributed by atoms with Gasteiger partial charge in [-0.1, -0.05) is 60.7 Å². The Hall–Kier alpha value is -2.50. The van der Waals surface area contributed by atoms with Gasteiger partial charge in [-0.15, -0.1) is 0 Å². The summed E-state index contributed by atoms with van der Waals surface area (Å²) in [6.45, 7) is 4.71. The summed E-state index contributed by atoms with van der Waals surface area (Å²) >= 11 is 0. The van der Waals surface area contributed by atoms with Crippen LogP contribution >= 0.6 is 0 Å². The lowest BCUT2D eigenvalue weighted by atomic mass is 10.2. The molecule has 2 aromatic rings. The monoisotopic (exact) mass is 367 g/mol. The van der Waals surface area contributed by atoms with Gasteiger partial charge >= 0.3 is 0 Å². The Labute approximate surface area is 160 Å². The van der Waals surface area contributed by atoms with E-state index in [-0.39, 0.29) is 18.3 Å². The van der Waals surface area contributed by atoms with Crippen LogP contribution in [-0.4, -0.2) is 55.0 Å². The third-order valence-electron chi connectivity index (χ3n) is 4.75. The van der Waals surface area contributed by atoms with Gasteiger partial charge in [0.25, 0.3) is 0 Å². The standard InChI is InChI=1S/C22H26FN3O/c23-21-11-5-4-10-20(21)17-24-18-22(27)26-15-13-25(14-16-26)12-6-9-19-7-2-1-3-8-19/h1-11,24H,12-18H2/b9-6+. The molecule has 1 aliphatic rings. The fourth-order valence-corrected chi connectivity index (χ4v) is 3.14. The van der Waals surface area contributed by atoms with Crippen LogP contribution in [0.1, 0.15) is 11.1 Å². The molecule has 0 bridgehead atoms. The van der Waals surface area contributed by atoms with E-state index in [1.165, 1.54) is 11.6 Å². The van der Waals surface area contributed by atoms with E-state index in [1.54, 1.807) is 18.2 Å². The second-order valence-corrected chi connectivity index (χ2v) is 6.69. The van der Waals surface area contributed by atoms with Crippen LogP contribution < -0.4 is 5.32 Å². The highest BCUT2D eigenvalue weighted by atomic mass is 19.1. The van der Waals surface area contributed by atoms with Gasteiger partial charge in [-0.05, 0) is 11.6 Å². The van der Waals surface area contributed by atoms with E-state index in [9.17, 15) is 9.18 Å². The minimum atomic E-state index is -0.241. The van der Waals surface area contributed by atoms with Crippen molar-refractivity contribution >= 4 is 12.0 Å². The van der Waals surface area contributed by atoms with Gasteiger partial charge in [0.05, 0.1) is 6.54 Å². The van der Waals surface area contributed by atoms with Crippen molar-refractivity contribution in [3.8, 4) is 0 Å². The van der Waals surface area contributed by atoms with Crippen LogP contribution in [0.2, 0.25) is 0 Å². The molecule has 0 aliphatic carbocycles. The molecule has 0 spiro atoms. The molecule has 0 aromatic heterocycles. The Kier molecular flexibility index (Phi) is 7.13. The van der Waals surface area contributed by atoms with Crippen LogP contribution in [0.5, 0.6) is 0 Å². The fourth-order valence-electron chi connectivity index (χ4n) is 3.14. The second kappa shape index (κ2) is 10.00. The highest BCUT2D eigenvalue weighted by molar-refractivity contribution is 5.78. The van der Waals surface area contributed by atoms with Crippen molar-refractivity contribution in [3.05, 3.63) is 77.6 Å². The first-order valence-electron chi connectivity index (χ1n) is 9.38. The molecule has 27 heavy (non-hydrogen) atoms. The van der Waals surface area contributed by atoms with E-state index in [0.717, 1.165) is 32.7 Å². The molecular formula is C22H26FN3O. The number of benzene rings is 2. The number of amides is 1. The van der Waals surface area contributed by atoms with E-state index in [4.69, 9.17) is 0 Å². The third kappa shape index (κ3) is 6.01. The van der Waals surface area contributed by atoms with E-state index >= 15 is 0 Å². The van der Waals surface area contributed by atoms with Crippen LogP contribution in [0.3, 0.4) is 0 Å². The number of halogens is 1. The number of nitrogens with zero attached hydrogens (tertiary/aromatic N) is 2. The fraction of sp³-hybridized carbons (Fsp3) is 0.318. The largest absolute Gasteiger partial charge is 0.339 e. The third-order valence-corrected chi connectivity index (χ3v) is 4.75. The van der Waals surface area contributed by atoms with E-state index in [1.807, 2.05) is 23.1 Å². The van der Waals surface area contributed by atoms with Gasteiger partial charge in [0.1, 0.15) is 5.82 Å². The van der Waals surface area contributed by atoms with Crippen LogP contribution in [-0.2, 0) is 11.3 Å². The number of rotatable bonds is 7. The molecule has 3 rings (SSSR count). The Morgan fingerprint density at radius 3 is 2.44 bits per heavy atom. The Morgan fingerprint density at radius 1 is 1.00 bits per heavy atom. The van der Waals surface area contributed by atoms with Crippen molar-refractivity contribution in [1.82, 2.24) is 15.1 Å². The molecule has 1 N–H and O–H groups in total. The van der Waals surface area contributed by atoms with Gasteiger partial charge < -0.3 is 10.2 Å². The van der Waals surface area contributed by atoms with E-state index in [2.05, 4.69) is 34.5 Å². The summed E-state index contributed by atoms with van der Waals surface area (Å²) in [6.07, 6.45) is 4.30. The molecule has 1 saturated heterocycles. The van der Waals surface area contributed by atoms with E-state index in [0.29, 0.717) is 12.1 Å². The topological polar surface area (TPSA) is 35.6 Å². The normalized spacial score (nSPS) is 15.4. The molecule has 142 valence electrons. The van der Waals surface area contributed by atoms with Gasteiger partial charge in [-0.25, -0.2) is 4.39 Å². The first-order valence-corrected chi connectivity index (χ1v) is 9.38. The van der Waals surface area contributed by atoms with Gasteiger partial charge in [0, 0.05) is 44.8 Å². The molecule has 0 saturated carbocycles. The quantitative estimate of drug-likeness (QED) is 0.817. The van der Waals surface area contributed by atoms with Crippen molar-refractivity contribution in [2.45, 2.75) is 6.54 Å². The van der Waals surface area contributed by atoms with Crippen LogP contribution in [0.25, 0.3) is 6.08 Å². The zero-order valence-electron chi connectivity index (χ0n) is 15.5. The average Bonchev–Trinajstić information content (AvgIpc) is 2.71. The number of carbonyl (C=O) groups excluding carboxylic acids is 1. The summed E-state index contributed by atoms with van der Waals surface area (Å²) in [5.74, 6) is -0.166. The summed E-state index contributed by atoms with van der Waals surface area (Å²) < 4.78 is 13.6. The molecule has 4 nitrogen and oxygen atoms in total. The van der Waals surface area contributed by atoms with Crippen LogP contribution in [0, 0.1) is 5.82 Å². The highest BCUT2D eigenvalue weighted by Gasteiger charge is 2.19. The van der Waals surface area contributed by atoms with Gasteiger partial charge in [-0.3, -0.25) is 9.69 Å². The summed E-state index contributed by atoms with van der Waals surface area (Å²) in [7, 11) is 0. The highest BCUT2D eigenvalue weighted by Crippen LogP contribution is 2.07. The average molecular weight is 367 g/mol. The summed E-state index contributed by atoms with van der Waals surface area (Å²) in [6, 6.07) is 16.9. The molecule has 2 aromatic carbocycles. The maximum Gasteiger partial charge on any atom is 0.236 e. The Bertz CT molecular complexity index is 755. The number of hydrogen-bond acceptors (Lipinski definition) is 3. The van der Waals surface area contributed by atoms with Gasteiger partial charge in [0.2, 0.25) is 5.91 Å². The summed E-state index contributed by atoms with van der Waals surface area (Å²) in [4.78, 5) is 16.5. The minimum absolute atomic E-state index is 0.0748. The maximum atomic E-state index is 13.6. The second-order valence-electron chi connectivity index (χ2n) is 6.69. The van der Waals surface area contributed by atoms with Crippen molar-refractivity contribution in [1.29, 1.82) is 0 Å². The molecule has 1 amide bonds. The molecule has 0 unspecified atom stereocenters. The van der Waals surface area contributed by atoms with E-state index < -0.39 is 0 Å². The number of carbonyl (C=O) groups is 1. The van der Waals surface area contributed by atoms with Crippen molar-refractivity contribution in [3.63, 3.8) is 0 Å². The molecule has 5 heteroatoms. The Balaban J connectivity index is 1.35. The molecule has 1 heterocycles. The predicted molar refractivity (Wildman–Crippen MR) is 107 cm³/mol. The summed E-state index contributed by atoms with van der Waals surface area (Å²) in [5.41, 5.74) is 1.78. The SMILES string of the molecule is O=C(CNCc1ccccc1F)N1CCN(C/C=C/c2ccccc2)CC1.